The lowest BCUT2D eigenvalue weighted by molar-refractivity contribution is 0.566. The van der Waals surface area contributed by atoms with Crippen LogP contribution in [0.25, 0.3) is 11.3 Å². The van der Waals surface area contributed by atoms with Crippen LogP contribution in [-0.4, -0.2) is 36.1 Å². The molecule has 2 aliphatic heterocycles. The molecule has 4 rings (SSSR count). The predicted molar refractivity (Wildman–Crippen MR) is 91.5 cm³/mol. The van der Waals surface area contributed by atoms with Crippen LogP contribution >= 0.6 is 0 Å². The number of nitrogen functional groups attached to an aromatic ring is 1. The van der Waals surface area contributed by atoms with Crippen LogP contribution in [0.4, 0.5) is 11.6 Å². The summed E-state index contributed by atoms with van der Waals surface area (Å²) in [7, 11) is 2.03. The van der Waals surface area contributed by atoms with Crippen LogP contribution in [0.1, 0.15) is 6.42 Å². The van der Waals surface area contributed by atoms with Crippen molar-refractivity contribution in [3.63, 3.8) is 0 Å². The molecule has 1 atom stereocenters. The third-order valence-electron chi connectivity index (χ3n) is 4.00. The Labute approximate surface area is 135 Å². The Morgan fingerprint density at radius 2 is 2.04 bits per heavy atom. The Kier molecular flexibility index (Phi) is 4.73. The van der Waals surface area contributed by atoms with Crippen molar-refractivity contribution in [2.24, 2.45) is 0 Å². The standard InChI is InChI=1S/C13H16N2O.C4H5N3/c1-14-10-5-7-15(9-10)12-6-8-16-13-4-2-3-11(12)13;5-4-6-2-1-3-7-4/h2-4,6,8,10,14H,5,7,9H2,1H3;1-3H,(H2,5,6,7)/t10-;/m1./s1. The smallest absolute Gasteiger partial charge is 0.219 e. The van der Waals surface area contributed by atoms with Crippen LogP contribution in [0.2, 0.25) is 0 Å². The van der Waals surface area contributed by atoms with Crippen LogP contribution in [0.15, 0.2) is 53.4 Å². The number of anilines is 2. The molecule has 3 aliphatic rings. The maximum Gasteiger partial charge on any atom is 0.219 e. The van der Waals surface area contributed by atoms with Crippen molar-refractivity contribution in [1.29, 1.82) is 0 Å². The lowest BCUT2D eigenvalue weighted by Gasteiger charge is -2.21. The number of likely N-dealkylation sites (N-methyl/N-ethyl adjacent to an activating group) is 1. The Morgan fingerprint density at radius 1 is 1.22 bits per heavy atom. The molecule has 23 heavy (non-hydrogen) atoms. The Balaban J connectivity index is 0.000000188. The summed E-state index contributed by atoms with van der Waals surface area (Å²) < 4.78 is 5.46. The van der Waals surface area contributed by atoms with Crippen molar-refractivity contribution in [2.75, 3.05) is 30.8 Å². The first-order valence-electron chi connectivity index (χ1n) is 7.69. The molecule has 0 spiro atoms. The summed E-state index contributed by atoms with van der Waals surface area (Å²) >= 11 is 0. The normalized spacial score (nSPS) is 17.1. The Bertz CT molecular complexity index is 699. The fourth-order valence-corrected chi connectivity index (χ4v) is 2.78. The highest BCUT2D eigenvalue weighted by Gasteiger charge is 2.24. The third kappa shape index (κ3) is 3.60. The second-order valence-corrected chi connectivity index (χ2v) is 5.44. The van der Waals surface area contributed by atoms with Gasteiger partial charge in [0.2, 0.25) is 5.95 Å². The third-order valence-corrected chi connectivity index (χ3v) is 4.00. The van der Waals surface area contributed by atoms with E-state index in [9.17, 15) is 0 Å². The monoisotopic (exact) mass is 311 g/mol. The molecule has 6 heteroatoms. The van der Waals surface area contributed by atoms with Gasteiger partial charge in [-0.1, -0.05) is 6.07 Å². The molecule has 1 aromatic rings. The van der Waals surface area contributed by atoms with E-state index in [0.717, 1.165) is 18.8 Å². The van der Waals surface area contributed by atoms with Gasteiger partial charge in [-0.3, -0.25) is 0 Å². The molecule has 0 saturated carbocycles. The van der Waals surface area contributed by atoms with Crippen molar-refractivity contribution in [3.05, 3.63) is 49.0 Å². The maximum atomic E-state index is 5.46. The summed E-state index contributed by atoms with van der Waals surface area (Å²) in [5, 5.41) is 3.34. The first kappa shape index (κ1) is 15.3. The second kappa shape index (κ2) is 7.11. The minimum absolute atomic E-state index is 0.322. The molecule has 0 bridgehead atoms. The molecular weight excluding hydrogens is 290 g/mol. The number of hydrogen-bond acceptors (Lipinski definition) is 6. The van der Waals surface area contributed by atoms with Gasteiger partial charge in [-0.25, -0.2) is 9.97 Å². The van der Waals surface area contributed by atoms with E-state index in [-0.39, 0.29) is 0 Å². The molecule has 6 nitrogen and oxygen atoms in total. The summed E-state index contributed by atoms with van der Waals surface area (Å²) in [6.45, 7) is 2.20. The molecule has 0 radical (unpaired) electrons. The molecular formula is C17H21N5O. The van der Waals surface area contributed by atoms with Crippen molar-refractivity contribution >= 4 is 11.6 Å². The van der Waals surface area contributed by atoms with E-state index in [1.165, 1.54) is 17.7 Å². The van der Waals surface area contributed by atoms with E-state index < -0.39 is 0 Å². The minimum atomic E-state index is 0.322. The number of nitrogens with zero attached hydrogens (tertiary/aromatic N) is 3. The van der Waals surface area contributed by atoms with E-state index in [0.29, 0.717) is 12.0 Å². The number of hydrogen-bond donors (Lipinski definition) is 2. The molecule has 1 saturated heterocycles. The fourth-order valence-electron chi connectivity index (χ4n) is 2.78. The summed E-state index contributed by atoms with van der Waals surface area (Å²) in [5.74, 6) is 1.30. The van der Waals surface area contributed by atoms with Gasteiger partial charge in [0.15, 0.2) is 0 Å². The van der Waals surface area contributed by atoms with Crippen molar-refractivity contribution in [1.82, 2.24) is 15.3 Å². The van der Waals surface area contributed by atoms with E-state index in [2.05, 4.69) is 32.3 Å². The van der Waals surface area contributed by atoms with Crippen LogP contribution < -0.4 is 16.0 Å². The first-order valence-corrected chi connectivity index (χ1v) is 7.69. The van der Waals surface area contributed by atoms with Crippen molar-refractivity contribution in [3.8, 4) is 11.3 Å². The molecule has 1 fully saturated rings. The van der Waals surface area contributed by atoms with Gasteiger partial charge in [-0.15, -0.1) is 0 Å². The molecule has 3 N–H and O–H groups in total. The minimum Gasteiger partial charge on any atom is -0.464 e. The van der Waals surface area contributed by atoms with Gasteiger partial charge in [0, 0.05) is 37.1 Å². The van der Waals surface area contributed by atoms with Gasteiger partial charge in [0.05, 0.1) is 12.0 Å². The van der Waals surface area contributed by atoms with Crippen molar-refractivity contribution in [2.45, 2.75) is 12.5 Å². The quantitative estimate of drug-likeness (QED) is 0.755. The maximum absolute atomic E-state index is 5.46. The lowest BCUT2D eigenvalue weighted by Crippen LogP contribution is -2.29. The highest BCUT2D eigenvalue weighted by Crippen LogP contribution is 2.34. The van der Waals surface area contributed by atoms with Crippen molar-refractivity contribution < 1.29 is 4.42 Å². The van der Waals surface area contributed by atoms with E-state index in [1.807, 2.05) is 19.2 Å². The average Bonchev–Trinajstić information content (AvgIpc) is 3.25. The van der Waals surface area contributed by atoms with Gasteiger partial charge in [-0.2, -0.15) is 0 Å². The van der Waals surface area contributed by atoms with Crippen LogP contribution in [0.5, 0.6) is 0 Å². The van der Waals surface area contributed by atoms with Crippen LogP contribution in [0.3, 0.4) is 0 Å². The van der Waals surface area contributed by atoms with E-state index in [4.69, 9.17) is 10.2 Å². The first-order chi connectivity index (χ1) is 11.3. The van der Waals surface area contributed by atoms with Gasteiger partial charge < -0.3 is 20.4 Å². The number of nitrogens with two attached hydrogens (primary N) is 1. The molecule has 0 unspecified atom stereocenters. The number of rotatable bonds is 2. The van der Waals surface area contributed by atoms with E-state index >= 15 is 0 Å². The zero-order valence-corrected chi connectivity index (χ0v) is 13.1. The fraction of sp³-hybridized carbons (Fsp3) is 0.294. The number of nitrogens with one attached hydrogen (secondary N) is 1. The largest absolute Gasteiger partial charge is 0.464 e. The Hall–Kier alpha value is -2.60. The molecule has 1 aliphatic carbocycles. The average molecular weight is 311 g/mol. The van der Waals surface area contributed by atoms with E-state index in [1.54, 1.807) is 24.7 Å². The van der Waals surface area contributed by atoms with Gasteiger partial charge in [-0.05, 0) is 37.7 Å². The molecule has 0 amide bonds. The Morgan fingerprint density at radius 3 is 2.70 bits per heavy atom. The lowest BCUT2D eigenvalue weighted by atomic mass is 10.2. The zero-order chi connectivity index (χ0) is 16.1. The second-order valence-electron chi connectivity index (χ2n) is 5.44. The molecule has 0 aromatic carbocycles. The summed E-state index contributed by atoms with van der Waals surface area (Å²) in [6.07, 6.45) is 6.19. The van der Waals surface area contributed by atoms with Crippen LogP contribution in [-0.2, 0) is 0 Å². The molecule has 1 aromatic heterocycles. The summed E-state index contributed by atoms with van der Waals surface area (Å²) in [6, 6.07) is 10.6. The highest BCUT2D eigenvalue weighted by atomic mass is 16.3. The van der Waals surface area contributed by atoms with Crippen LogP contribution in [0, 0.1) is 0 Å². The van der Waals surface area contributed by atoms with Gasteiger partial charge >= 0.3 is 0 Å². The number of fused-ring (bicyclic) bond motifs is 1. The summed E-state index contributed by atoms with van der Waals surface area (Å²) in [4.78, 5) is 9.72. The van der Waals surface area contributed by atoms with Gasteiger partial charge in [0.25, 0.3) is 0 Å². The zero-order valence-electron chi connectivity index (χ0n) is 13.1. The molecule has 3 heterocycles. The molecule has 120 valence electrons. The number of aromatic nitrogens is 2. The SMILES string of the molecule is CN[C@@H]1CCN(c2ccoc3cccc2-3)C1.Nc1ncccn1. The predicted octanol–water partition coefficient (Wildman–Crippen LogP) is 2.24. The highest BCUT2D eigenvalue weighted by molar-refractivity contribution is 5.77. The summed E-state index contributed by atoms with van der Waals surface area (Å²) in [5.41, 5.74) is 7.65. The topological polar surface area (TPSA) is 80.2 Å². The van der Waals surface area contributed by atoms with Gasteiger partial charge in [0.1, 0.15) is 5.76 Å².